The summed E-state index contributed by atoms with van der Waals surface area (Å²) in [5, 5.41) is 1.08. The molecule has 0 radical (unpaired) electrons. The Labute approximate surface area is 167 Å². The molecule has 150 valence electrons. The lowest BCUT2D eigenvalue weighted by molar-refractivity contribution is 0.118. The quantitative estimate of drug-likeness (QED) is 0.456. The molecule has 0 aliphatic carbocycles. The van der Waals surface area contributed by atoms with Gasteiger partial charge in [0.15, 0.2) is 11.5 Å². The van der Waals surface area contributed by atoms with Crippen LogP contribution in [0.5, 0.6) is 17.2 Å². The summed E-state index contributed by atoms with van der Waals surface area (Å²) in [7, 11) is 3.90. The fourth-order valence-electron chi connectivity index (χ4n) is 3.05. The van der Waals surface area contributed by atoms with Gasteiger partial charge in [-0.2, -0.15) is 0 Å². The molecule has 0 bridgehead atoms. The van der Waals surface area contributed by atoms with Crippen molar-refractivity contribution in [1.82, 2.24) is 0 Å². The highest BCUT2D eigenvalue weighted by Crippen LogP contribution is 2.47. The van der Waals surface area contributed by atoms with Gasteiger partial charge in [0.25, 0.3) is 0 Å². The molecule has 3 aromatic rings. The van der Waals surface area contributed by atoms with Gasteiger partial charge < -0.3 is 23.7 Å². The number of hydrogen-bond acceptors (Lipinski definition) is 7. The zero-order chi connectivity index (χ0) is 20.8. The van der Waals surface area contributed by atoms with Crippen molar-refractivity contribution in [1.29, 1.82) is 0 Å². The zero-order valence-corrected chi connectivity index (χ0v) is 16.3. The Balaban J connectivity index is 2.31. The molecule has 0 aliphatic rings. The molecule has 0 heterocycles. The van der Waals surface area contributed by atoms with E-state index in [-0.39, 0.29) is 17.2 Å². The molecule has 0 spiro atoms. The van der Waals surface area contributed by atoms with Crippen LogP contribution in [0.2, 0.25) is 0 Å². The second-order valence-corrected chi connectivity index (χ2v) is 5.99. The molecule has 7 nitrogen and oxygen atoms in total. The first-order valence-corrected chi connectivity index (χ1v) is 8.76. The Hall–Kier alpha value is -3.74. The average molecular weight is 396 g/mol. The molecule has 0 amide bonds. The zero-order valence-electron chi connectivity index (χ0n) is 16.3. The molecule has 3 aromatic carbocycles. The fraction of sp³-hybridized carbons (Fsp3) is 0.182. The minimum atomic E-state index is -0.888. The van der Waals surface area contributed by atoms with E-state index in [1.807, 2.05) is 30.3 Å². The third-order valence-corrected chi connectivity index (χ3v) is 4.30. The van der Waals surface area contributed by atoms with Gasteiger partial charge in [0.05, 0.1) is 21.3 Å². The number of carbonyl (C=O) groups is 2. The van der Waals surface area contributed by atoms with Gasteiger partial charge in [-0.1, -0.05) is 54.6 Å². The normalized spacial score (nSPS) is 10.3. The number of hydrogen-bond donors (Lipinski definition) is 0. The number of fused-ring (bicyclic) bond motifs is 1. The van der Waals surface area contributed by atoms with Gasteiger partial charge in [-0.15, -0.1) is 0 Å². The van der Waals surface area contributed by atoms with Crippen molar-refractivity contribution in [2.24, 2.45) is 0 Å². The molecule has 0 atom stereocenters. The van der Waals surface area contributed by atoms with E-state index in [1.54, 1.807) is 24.3 Å². The first-order valence-electron chi connectivity index (χ1n) is 8.76. The van der Waals surface area contributed by atoms with Gasteiger partial charge in [0.2, 0.25) is 0 Å². The molecule has 3 rings (SSSR count). The Kier molecular flexibility index (Phi) is 6.19. The van der Waals surface area contributed by atoms with Gasteiger partial charge in [-0.05, 0) is 5.56 Å². The Morgan fingerprint density at radius 3 is 1.76 bits per heavy atom. The van der Waals surface area contributed by atoms with Crippen LogP contribution in [0.25, 0.3) is 10.8 Å². The number of benzene rings is 3. The van der Waals surface area contributed by atoms with Crippen molar-refractivity contribution in [3.63, 3.8) is 0 Å². The van der Waals surface area contributed by atoms with E-state index in [4.69, 9.17) is 14.2 Å². The molecule has 0 aliphatic heterocycles. The maximum Gasteiger partial charge on any atom is 0.513 e. The van der Waals surface area contributed by atoms with Crippen molar-refractivity contribution < 1.29 is 33.3 Å². The van der Waals surface area contributed by atoms with Crippen LogP contribution < -0.4 is 14.2 Å². The number of methoxy groups -OCH3 is 3. The van der Waals surface area contributed by atoms with E-state index >= 15 is 0 Å². The molecule has 7 heteroatoms. The third-order valence-electron chi connectivity index (χ3n) is 4.30. The summed E-state index contributed by atoms with van der Waals surface area (Å²) < 4.78 is 25.8. The molecule has 0 saturated carbocycles. The number of rotatable bonds is 5. The number of carbonyl (C=O) groups excluding carboxylic acids is 2. The molecular formula is C22H20O7. The average Bonchev–Trinajstić information content (AvgIpc) is 2.76. The van der Waals surface area contributed by atoms with Crippen molar-refractivity contribution in [3.05, 3.63) is 65.7 Å². The van der Waals surface area contributed by atoms with Crippen LogP contribution in [0.1, 0.15) is 11.1 Å². The topological polar surface area (TPSA) is 80.3 Å². The summed E-state index contributed by atoms with van der Waals surface area (Å²) in [5.74, 6) is 0.709. The maximum atomic E-state index is 11.9. The highest BCUT2D eigenvalue weighted by molar-refractivity contribution is 5.99. The first-order chi connectivity index (χ1) is 14.1. The van der Waals surface area contributed by atoms with Crippen LogP contribution in [0.15, 0.2) is 54.6 Å². The van der Waals surface area contributed by atoms with Crippen molar-refractivity contribution in [3.8, 4) is 17.2 Å². The molecule has 0 aromatic heterocycles. The molecule has 0 unspecified atom stereocenters. The fourth-order valence-corrected chi connectivity index (χ4v) is 3.05. The Bertz CT molecular complexity index is 1030. The summed E-state index contributed by atoms with van der Waals surface area (Å²) in [4.78, 5) is 23.8. The van der Waals surface area contributed by atoms with Crippen molar-refractivity contribution >= 4 is 23.1 Å². The first kappa shape index (κ1) is 20.0. The minimum absolute atomic E-state index is 0.179. The van der Waals surface area contributed by atoms with Gasteiger partial charge in [-0.25, -0.2) is 9.59 Å². The van der Waals surface area contributed by atoms with Gasteiger partial charge >= 0.3 is 12.3 Å². The molecule has 0 N–H and O–H groups in total. The Morgan fingerprint density at radius 2 is 1.21 bits per heavy atom. The Morgan fingerprint density at radius 1 is 0.690 bits per heavy atom. The summed E-state index contributed by atoms with van der Waals surface area (Å²) in [5.41, 5.74) is 1.47. The number of ether oxygens (including phenoxy) is 5. The van der Waals surface area contributed by atoms with Gasteiger partial charge in [-0.3, -0.25) is 0 Å². The minimum Gasteiger partial charge on any atom is -0.492 e. The SMILES string of the molecule is COC(=O)Oc1c(Cc2ccccc2)c(OC)c(OC(=O)OC)c2ccccc12. The van der Waals surface area contributed by atoms with Crippen LogP contribution in [0.3, 0.4) is 0 Å². The van der Waals surface area contributed by atoms with Crippen LogP contribution in [-0.4, -0.2) is 33.6 Å². The maximum absolute atomic E-state index is 11.9. The summed E-state index contributed by atoms with van der Waals surface area (Å²) in [6.07, 6.45) is -1.40. The highest BCUT2D eigenvalue weighted by atomic mass is 16.7. The van der Waals surface area contributed by atoms with Gasteiger partial charge in [0, 0.05) is 22.8 Å². The van der Waals surface area contributed by atoms with Crippen LogP contribution >= 0.6 is 0 Å². The smallest absolute Gasteiger partial charge is 0.492 e. The van der Waals surface area contributed by atoms with Gasteiger partial charge in [0.1, 0.15) is 5.75 Å². The summed E-state index contributed by atoms with van der Waals surface area (Å²) >= 11 is 0. The predicted octanol–water partition coefficient (Wildman–Crippen LogP) is 4.73. The standard InChI is InChI=1S/C22H20O7/c1-25-19-17(13-14-9-5-4-6-10-14)18(28-21(23)26-2)15-11-7-8-12-16(15)20(19)29-22(24)27-3/h4-12H,13H2,1-3H3. The monoisotopic (exact) mass is 396 g/mol. The van der Waals surface area contributed by atoms with Crippen LogP contribution in [0.4, 0.5) is 9.59 Å². The lowest BCUT2D eigenvalue weighted by Gasteiger charge is -2.20. The van der Waals surface area contributed by atoms with E-state index in [0.717, 1.165) is 5.56 Å². The predicted molar refractivity (Wildman–Crippen MR) is 106 cm³/mol. The molecule has 29 heavy (non-hydrogen) atoms. The van der Waals surface area contributed by atoms with E-state index in [9.17, 15) is 9.59 Å². The lowest BCUT2D eigenvalue weighted by Crippen LogP contribution is -2.13. The third kappa shape index (κ3) is 4.24. The van der Waals surface area contributed by atoms with E-state index < -0.39 is 12.3 Å². The summed E-state index contributed by atoms with van der Waals surface area (Å²) in [6, 6.07) is 16.6. The molecule has 0 saturated heterocycles. The second kappa shape index (κ2) is 8.97. The highest BCUT2D eigenvalue weighted by Gasteiger charge is 2.26. The van der Waals surface area contributed by atoms with E-state index in [0.29, 0.717) is 22.8 Å². The van der Waals surface area contributed by atoms with Crippen molar-refractivity contribution in [2.75, 3.05) is 21.3 Å². The van der Waals surface area contributed by atoms with Crippen molar-refractivity contribution in [2.45, 2.75) is 6.42 Å². The molecular weight excluding hydrogens is 376 g/mol. The van der Waals surface area contributed by atoms with Crippen LogP contribution in [-0.2, 0) is 15.9 Å². The van der Waals surface area contributed by atoms with E-state index in [2.05, 4.69) is 9.47 Å². The second-order valence-electron chi connectivity index (χ2n) is 5.99. The summed E-state index contributed by atoms with van der Waals surface area (Å²) in [6.45, 7) is 0. The lowest BCUT2D eigenvalue weighted by atomic mass is 9.97. The van der Waals surface area contributed by atoms with E-state index in [1.165, 1.54) is 21.3 Å². The van der Waals surface area contributed by atoms with Crippen LogP contribution in [0, 0.1) is 0 Å². The molecule has 0 fully saturated rings. The largest absolute Gasteiger partial charge is 0.513 e.